The summed E-state index contributed by atoms with van der Waals surface area (Å²) in [4.78, 5) is 0. The van der Waals surface area contributed by atoms with Crippen LogP contribution in [0.1, 0.15) is 36.5 Å². The number of nitriles is 1. The Morgan fingerprint density at radius 1 is 1.32 bits per heavy atom. The minimum Gasteiger partial charge on any atom is -0.376 e. The van der Waals surface area contributed by atoms with Gasteiger partial charge in [0.15, 0.2) is 0 Å². The Labute approximate surface area is 115 Å². The number of rotatable bonds is 4. The van der Waals surface area contributed by atoms with Crippen LogP contribution in [-0.4, -0.2) is 6.61 Å². The van der Waals surface area contributed by atoms with Gasteiger partial charge in [-0.3, -0.25) is 0 Å². The summed E-state index contributed by atoms with van der Waals surface area (Å²) >= 11 is 0. The molecule has 0 radical (unpaired) electrons. The number of allylic oxidation sites excluding steroid dienone is 2. The van der Waals surface area contributed by atoms with E-state index in [2.05, 4.69) is 25.1 Å². The normalized spacial score (nSPS) is 22.2. The second kappa shape index (κ2) is 6.54. The highest BCUT2D eigenvalue weighted by atomic mass is 16.5. The summed E-state index contributed by atoms with van der Waals surface area (Å²) in [7, 11) is 0. The molecule has 100 valence electrons. The molecule has 0 aliphatic heterocycles. The first-order valence-corrected chi connectivity index (χ1v) is 6.93. The van der Waals surface area contributed by atoms with E-state index in [0.29, 0.717) is 24.0 Å². The zero-order chi connectivity index (χ0) is 13.7. The van der Waals surface area contributed by atoms with Gasteiger partial charge < -0.3 is 4.74 Å². The lowest BCUT2D eigenvalue weighted by Crippen LogP contribution is -2.19. The number of hydrogen-bond acceptors (Lipinski definition) is 2. The molecule has 2 atom stereocenters. The van der Waals surface area contributed by atoms with Crippen molar-refractivity contribution >= 4 is 0 Å². The van der Waals surface area contributed by atoms with E-state index in [1.807, 2.05) is 25.1 Å². The molecule has 19 heavy (non-hydrogen) atoms. The van der Waals surface area contributed by atoms with Crippen molar-refractivity contribution < 1.29 is 4.74 Å². The Morgan fingerprint density at radius 3 is 2.79 bits per heavy atom. The maximum absolute atomic E-state index is 8.84. The third-order valence-corrected chi connectivity index (χ3v) is 3.98. The lowest BCUT2D eigenvalue weighted by Gasteiger charge is -2.25. The van der Waals surface area contributed by atoms with Crippen molar-refractivity contribution in [2.75, 3.05) is 6.61 Å². The first-order valence-electron chi connectivity index (χ1n) is 6.93. The van der Waals surface area contributed by atoms with Gasteiger partial charge in [-0.2, -0.15) is 5.26 Å². The zero-order valence-corrected chi connectivity index (χ0v) is 11.7. The van der Waals surface area contributed by atoms with Crippen LogP contribution in [0.3, 0.4) is 0 Å². The van der Waals surface area contributed by atoms with Crippen LogP contribution < -0.4 is 0 Å². The van der Waals surface area contributed by atoms with E-state index in [-0.39, 0.29) is 0 Å². The molecule has 1 aromatic rings. The maximum Gasteiger partial charge on any atom is 0.0991 e. The molecule has 0 spiro atoms. The van der Waals surface area contributed by atoms with Crippen LogP contribution in [0.4, 0.5) is 0 Å². The van der Waals surface area contributed by atoms with Crippen LogP contribution in [-0.2, 0) is 11.3 Å². The summed E-state index contributed by atoms with van der Waals surface area (Å²) in [6.45, 7) is 5.80. The fourth-order valence-corrected chi connectivity index (χ4v) is 2.49. The van der Waals surface area contributed by atoms with Crippen LogP contribution in [0.25, 0.3) is 0 Å². The molecular formula is C17H21NO. The van der Waals surface area contributed by atoms with Gasteiger partial charge in [0, 0.05) is 0 Å². The average molecular weight is 255 g/mol. The highest BCUT2D eigenvalue weighted by molar-refractivity contribution is 5.37. The van der Waals surface area contributed by atoms with Gasteiger partial charge in [0.05, 0.1) is 24.8 Å². The molecule has 0 aromatic heterocycles. The van der Waals surface area contributed by atoms with Crippen molar-refractivity contribution in [1.82, 2.24) is 0 Å². The summed E-state index contributed by atoms with van der Waals surface area (Å²) in [6, 6.07) is 7.94. The molecule has 0 N–H and O–H groups in total. The molecule has 2 rings (SSSR count). The lowest BCUT2D eigenvalue weighted by atomic mass is 9.85. The van der Waals surface area contributed by atoms with E-state index >= 15 is 0 Å². The Balaban J connectivity index is 1.86. The quantitative estimate of drug-likeness (QED) is 0.762. The standard InChI is InChI=1S/C17H21NO/c1-13-5-3-4-6-16(13)11-19-12-17-8-7-15(10-18)9-14(17)2/h3-4,7-9,13,16H,5-6,11-12H2,1-2H3. The summed E-state index contributed by atoms with van der Waals surface area (Å²) in [5.41, 5.74) is 3.03. The summed E-state index contributed by atoms with van der Waals surface area (Å²) in [5, 5.41) is 8.84. The summed E-state index contributed by atoms with van der Waals surface area (Å²) in [6.07, 6.45) is 6.84. The van der Waals surface area contributed by atoms with Gasteiger partial charge in [-0.1, -0.05) is 25.1 Å². The molecule has 0 saturated carbocycles. The minimum atomic E-state index is 0.642. The summed E-state index contributed by atoms with van der Waals surface area (Å²) in [5.74, 6) is 1.36. The van der Waals surface area contributed by atoms with Crippen molar-refractivity contribution in [3.8, 4) is 6.07 Å². The molecule has 0 bridgehead atoms. The highest BCUT2D eigenvalue weighted by Gasteiger charge is 2.18. The van der Waals surface area contributed by atoms with E-state index < -0.39 is 0 Å². The molecule has 1 aliphatic carbocycles. The Bertz CT molecular complexity index is 498. The molecule has 2 nitrogen and oxygen atoms in total. The number of hydrogen-bond donors (Lipinski definition) is 0. The van der Waals surface area contributed by atoms with Crippen molar-refractivity contribution in [3.05, 3.63) is 47.0 Å². The highest BCUT2D eigenvalue weighted by Crippen LogP contribution is 2.25. The van der Waals surface area contributed by atoms with Crippen LogP contribution >= 0.6 is 0 Å². The first-order chi connectivity index (χ1) is 9.20. The van der Waals surface area contributed by atoms with Crippen LogP contribution in [0.15, 0.2) is 30.4 Å². The van der Waals surface area contributed by atoms with Gasteiger partial charge >= 0.3 is 0 Å². The van der Waals surface area contributed by atoms with E-state index in [4.69, 9.17) is 10.00 Å². The molecular weight excluding hydrogens is 234 g/mol. The SMILES string of the molecule is Cc1cc(C#N)ccc1COCC1CC=CCC1C. The average Bonchev–Trinajstić information content (AvgIpc) is 2.42. The van der Waals surface area contributed by atoms with Crippen LogP contribution in [0.2, 0.25) is 0 Å². The van der Waals surface area contributed by atoms with Crippen molar-refractivity contribution in [1.29, 1.82) is 5.26 Å². The van der Waals surface area contributed by atoms with Gasteiger partial charge in [-0.15, -0.1) is 0 Å². The molecule has 0 saturated heterocycles. The van der Waals surface area contributed by atoms with E-state index in [1.54, 1.807) is 0 Å². The van der Waals surface area contributed by atoms with E-state index in [9.17, 15) is 0 Å². The predicted octanol–water partition coefficient (Wildman–Crippen LogP) is 3.99. The second-order valence-electron chi connectivity index (χ2n) is 5.45. The maximum atomic E-state index is 8.84. The number of ether oxygens (including phenoxy) is 1. The molecule has 0 amide bonds. The molecule has 2 unspecified atom stereocenters. The van der Waals surface area contributed by atoms with Gasteiger partial charge in [0.25, 0.3) is 0 Å². The lowest BCUT2D eigenvalue weighted by molar-refractivity contribution is 0.0678. The Morgan fingerprint density at radius 2 is 2.11 bits per heavy atom. The molecule has 0 heterocycles. The number of benzene rings is 1. The molecule has 1 aliphatic rings. The molecule has 2 heteroatoms. The molecule has 0 fully saturated rings. The van der Waals surface area contributed by atoms with Crippen molar-refractivity contribution in [2.24, 2.45) is 11.8 Å². The third kappa shape index (κ3) is 3.68. The fraction of sp³-hybridized carbons (Fsp3) is 0.471. The number of nitrogens with zero attached hydrogens (tertiary/aromatic N) is 1. The van der Waals surface area contributed by atoms with E-state index in [1.165, 1.54) is 12.0 Å². The zero-order valence-electron chi connectivity index (χ0n) is 11.7. The first kappa shape index (κ1) is 13.8. The number of aryl methyl sites for hydroxylation is 1. The third-order valence-electron chi connectivity index (χ3n) is 3.98. The second-order valence-corrected chi connectivity index (χ2v) is 5.45. The van der Waals surface area contributed by atoms with Gasteiger partial charge in [0.2, 0.25) is 0 Å². The monoisotopic (exact) mass is 255 g/mol. The van der Waals surface area contributed by atoms with Crippen molar-refractivity contribution in [3.63, 3.8) is 0 Å². The Hall–Kier alpha value is -1.59. The smallest absolute Gasteiger partial charge is 0.0991 e. The summed E-state index contributed by atoms with van der Waals surface area (Å²) < 4.78 is 5.87. The van der Waals surface area contributed by atoms with Crippen LogP contribution in [0, 0.1) is 30.1 Å². The molecule has 1 aromatic carbocycles. The van der Waals surface area contributed by atoms with Gasteiger partial charge in [-0.05, 0) is 54.9 Å². The van der Waals surface area contributed by atoms with Crippen molar-refractivity contribution in [2.45, 2.75) is 33.3 Å². The topological polar surface area (TPSA) is 33.0 Å². The predicted molar refractivity (Wildman–Crippen MR) is 76.6 cm³/mol. The van der Waals surface area contributed by atoms with E-state index in [0.717, 1.165) is 18.6 Å². The van der Waals surface area contributed by atoms with Gasteiger partial charge in [0.1, 0.15) is 0 Å². The largest absolute Gasteiger partial charge is 0.376 e. The fourth-order valence-electron chi connectivity index (χ4n) is 2.49. The van der Waals surface area contributed by atoms with Crippen LogP contribution in [0.5, 0.6) is 0 Å². The minimum absolute atomic E-state index is 0.642. The Kier molecular flexibility index (Phi) is 4.76. The van der Waals surface area contributed by atoms with Gasteiger partial charge in [-0.25, -0.2) is 0 Å².